The highest BCUT2D eigenvalue weighted by Crippen LogP contribution is 2.48. The minimum absolute atomic E-state index is 0.412. The monoisotopic (exact) mass is 1500 g/mol. The van der Waals surface area contributed by atoms with Crippen LogP contribution in [0.4, 0.5) is 11.4 Å². The minimum atomic E-state index is 0.412. The van der Waals surface area contributed by atoms with Crippen LogP contribution in [0.15, 0.2) is 352 Å². The van der Waals surface area contributed by atoms with E-state index < -0.39 is 0 Å². The van der Waals surface area contributed by atoms with Gasteiger partial charge in [-0.05, 0) is 178 Å². The Balaban J connectivity index is 0.000000144. The fraction of sp³-hybridized carbons (Fsp3) is 0.190. The number of thioether (sulfide) groups is 2. The molecule has 9 nitrogen and oxygen atoms in total. The van der Waals surface area contributed by atoms with Gasteiger partial charge in [-0.1, -0.05) is 247 Å². The molecule has 3 unspecified atom stereocenters. The Bertz CT molecular complexity index is 5680. The molecule has 0 bridgehead atoms. The number of aryl methyl sites for hydroxylation is 4. The molecule has 1 aliphatic carbocycles. The van der Waals surface area contributed by atoms with Gasteiger partial charge in [0.2, 0.25) is 16.6 Å². The molecule has 111 heavy (non-hydrogen) atoms. The number of hydrogen-bond acceptors (Lipinski definition) is 8. The molecular formula is C100H99N6O3S2+3. The van der Waals surface area contributed by atoms with E-state index in [-0.39, 0.29) is 0 Å². The van der Waals surface area contributed by atoms with E-state index in [9.17, 15) is 0 Å². The molecule has 6 heterocycles. The number of benzene rings is 9. The summed E-state index contributed by atoms with van der Waals surface area (Å²) in [6.45, 7) is 20.0. The zero-order chi connectivity index (χ0) is 76.6. The highest BCUT2D eigenvalue weighted by atomic mass is 32.2. The molecule has 556 valence electrons. The molecule has 0 amide bonds. The first-order valence-corrected chi connectivity index (χ1v) is 40.5. The van der Waals surface area contributed by atoms with Crippen LogP contribution >= 0.6 is 23.5 Å². The molecule has 3 aromatic heterocycles. The maximum absolute atomic E-state index is 6.18. The molecule has 0 radical (unpaired) electrons. The SMILES string of the molecule is C(=CC=C1Sc2ccc(-c3ccccc3)cc2N1CCOc1ccccc1)C=Cc1cc[n+](CCOc2ccccc2)c2ccccc12.CCN1C(=CC=C(C)C=Cc2cc[n+](C)c3cc(C)c(C)cc23)SC2C=C(C)C(C)=CC21.CC[n+]1c(/C=C/C=C/CC2C=CN(C)c3ccccc32)oc2ccc3ccccc3c21. The smallest absolute Gasteiger partial charge is 0.374 e. The molecule has 3 aliphatic heterocycles. The van der Waals surface area contributed by atoms with Gasteiger partial charge >= 0.3 is 5.89 Å². The van der Waals surface area contributed by atoms with Gasteiger partial charge in [0.05, 0.1) is 55.8 Å². The summed E-state index contributed by atoms with van der Waals surface area (Å²) in [6, 6.07) is 76.6. The summed E-state index contributed by atoms with van der Waals surface area (Å²) in [6.07, 6.45) is 42.9. The summed E-state index contributed by atoms with van der Waals surface area (Å²) in [5.41, 5.74) is 20.1. The third-order valence-corrected chi connectivity index (χ3v) is 23.5. The number of fused-ring (bicyclic) bond motifs is 8. The van der Waals surface area contributed by atoms with Gasteiger partial charge in [-0.2, -0.15) is 9.13 Å². The topological polar surface area (TPSA) is 53.0 Å². The van der Waals surface area contributed by atoms with Crippen LogP contribution < -0.4 is 33.0 Å². The highest BCUT2D eigenvalue weighted by Gasteiger charge is 2.36. The Morgan fingerprint density at radius 1 is 0.586 bits per heavy atom. The maximum Gasteiger partial charge on any atom is 0.374 e. The van der Waals surface area contributed by atoms with Crippen LogP contribution in [0.5, 0.6) is 11.5 Å². The number of para-hydroxylation sites is 4. The third-order valence-electron chi connectivity index (χ3n) is 21.1. The lowest BCUT2D eigenvalue weighted by molar-refractivity contribution is -0.673. The number of pyridine rings is 2. The predicted octanol–water partition coefficient (Wildman–Crippen LogP) is 23.4. The van der Waals surface area contributed by atoms with Crippen LogP contribution in [0.25, 0.3) is 73.0 Å². The van der Waals surface area contributed by atoms with Crippen molar-refractivity contribution in [2.75, 3.05) is 43.2 Å². The summed E-state index contributed by atoms with van der Waals surface area (Å²) in [5.74, 6) is 3.07. The van der Waals surface area contributed by atoms with Crippen molar-refractivity contribution >= 4 is 96.8 Å². The molecule has 4 aliphatic rings. The van der Waals surface area contributed by atoms with Gasteiger partial charge in [0, 0.05) is 60.6 Å². The first kappa shape index (κ1) is 76.2. The molecule has 1 fully saturated rings. The summed E-state index contributed by atoms with van der Waals surface area (Å²) < 4.78 is 24.9. The molecule has 3 atom stereocenters. The molecule has 12 aromatic rings. The molecule has 0 spiro atoms. The van der Waals surface area contributed by atoms with E-state index in [2.05, 4.69) is 364 Å². The number of likely N-dealkylation sites (N-methyl/N-ethyl adjacent to an activating group) is 1. The zero-order valence-electron chi connectivity index (χ0n) is 65.2. The third kappa shape index (κ3) is 18.1. The van der Waals surface area contributed by atoms with E-state index in [0.29, 0.717) is 30.4 Å². The number of anilines is 2. The van der Waals surface area contributed by atoms with Crippen molar-refractivity contribution in [1.29, 1.82) is 0 Å². The predicted molar refractivity (Wildman–Crippen MR) is 469 cm³/mol. The lowest BCUT2D eigenvalue weighted by Crippen LogP contribution is -2.37. The summed E-state index contributed by atoms with van der Waals surface area (Å²) in [4.78, 5) is 8.34. The maximum atomic E-state index is 6.18. The second kappa shape index (κ2) is 36.3. The van der Waals surface area contributed by atoms with Gasteiger partial charge in [-0.3, -0.25) is 0 Å². The second-order valence-electron chi connectivity index (χ2n) is 28.5. The quantitative estimate of drug-likeness (QED) is 0.0521. The minimum Gasteiger partial charge on any atom is -0.492 e. The van der Waals surface area contributed by atoms with Crippen molar-refractivity contribution < 1.29 is 27.6 Å². The average molecular weight is 1500 g/mol. The van der Waals surface area contributed by atoms with E-state index >= 15 is 0 Å². The first-order chi connectivity index (χ1) is 54.4. The van der Waals surface area contributed by atoms with Gasteiger partial charge in [-0.25, -0.2) is 4.57 Å². The van der Waals surface area contributed by atoms with Crippen molar-refractivity contribution in [3.63, 3.8) is 0 Å². The summed E-state index contributed by atoms with van der Waals surface area (Å²) >= 11 is 3.79. The van der Waals surface area contributed by atoms with Gasteiger partial charge in [0.25, 0.3) is 5.52 Å². The van der Waals surface area contributed by atoms with Crippen LogP contribution in [0, 0.1) is 13.8 Å². The number of aromatic nitrogens is 3. The Morgan fingerprint density at radius 2 is 1.28 bits per heavy atom. The number of oxazole rings is 1. The standard InChI is InChI=1S/C43H37N2O2S.C29H35N2S.C28H27N2O/c1-5-15-34(16-6-1)36-25-26-42-41(33-36)45(30-32-47-38-20-10-4-11-21-38)43(48-42)24-12-2-7-17-35-27-28-44(40-23-14-13-22-39(35)40)29-31-46-37-18-8-3-9-19-37;1-8-31-27-17-22(5)23(6)18-28(27)32-29(31)12-10-19(2)9-11-24-13-14-30(7)26-16-21(4)20(3)15-25(24)26;1-3-30-27(31-26-18-17-21-12-7-8-14-24(21)28(26)30)16-6-4-5-11-22-19-20-29(2)25-15-10-9-13-23(22)25/h1-28,33H,29-32H2;9-18,27-28H,8H2,1-7H3;4-10,12-20,22H,3,11H2,1-2H3/q3*+1/b;;5-4+,16-6+. The Kier molecular flexibility index (Phi) is 24.9. The van der Waals surface area contributed by atoms with E-state index in [0.717, 1.165) is 61.1 Å². The van der Waals surface area contributed by atoms with Crippen molar-refractivity contribution in [2.45, 2.75) is 90.1 Å². The van der Waals surface area contributed by atoms with Gasteiger partial charge in [-0.15, -0.1) is 0 Å². The Morgan fingerprint density at radius 3 is 2.07 bits per heavy atom. The Labute approximate surface area is 664 Å². The lowest BCUT2D eigenvalue weighted by Gasteiger charge is -2.28. The van der Waals surface area contributed by atoms with E-state index in [1.807, 2.05) is 72.4 Å². The normalized spacial score (nSPS) is 16.9. The molecule has 1 saturated heterocycles. The molecular weight excluding hydrogens is 1400 g/mol. The fourth-order valence-corrected chi connectivity index (χ4v) is 17.4. The summed E-state index contributed by atoms with van der Waals surface area (Å²) in [7, 11) is 4.22. The fourth-order valence-electron chi connectivity index (χ4n) is 14.8. The van der Waals surface area contributed by atoms with E-state index in [4.69, 9.17) is 13.9 Å². The number of hydrogen-bond donors (Lipinski definition) is 0. The van der Waals surface area contributed by atoms with Crippen LogP contribution in [0.1, 0.15) is 80.7 Å². The molecule has 0 saturated carbocycles. The average Bonchev–Trinajstić information content (AvgIpc) is 1.64. The van der Waals surface area contributed by atoms with E-state index in [1.54, 1.807) is 11.8 Å². The van der Waals surface area contributed by atoms with Crippen LogP contribution in [0.2, 0.25) is 0 Å². The van der Waals surface area contributed by atoms with Crippen LogP contribution in [-0.2, 0) is 20.1 Å². The molecule has 0 N–H and O–H groups in total. The lowest BCUT2D eigenvalue weighted by atomic mass is 9.91. The number of rotatable bonds is 21. The highest BCUT2D eigenvalue weighted by molar-refractivity contribution is 8.04. The van der Waals surface area contributed by atoms with Crippen LogP contribution in [-0.4, -0.2) is 49.5 Å². The molecule has 9 aromatic carbocycles. The number of nitrogens with zero attached hydrogens (tertiary/aromatic N) is 6. The number of allylic oxidation sites excluding steroid dienone is 14. The van der Waals surface area contributed by atoms with Crippen molar-refractivity contribution in [3.8, 4) is 22.6 Å². The van der Waals surface area contributed by atoms with Crippen molar-refractivity contribution in [3.05, 3.63) is 376 Å². The van der Waals surface area contributed by atoms with Gasteiger partial charge < -0.3 is 28.6 Å². The van der Waals surface area contributed by atoms with Gasteiger partial charge in [0.15, 0.2) is 18.9 Å². The Hall–Kier alpha value is -11.6. The van der Waals surface area contributed by atoms with Crippen molar-refractivity contribution in [2.24, 2.45) is 7.05 Å². The summed E-state index contributed by atoms with van der Waals surface area (Å²) in [5, 5.41) is 8.06. The number of ether oxygens (including phenoxy) is 2. The van der Waals surface area contributed by atoms with Crippen LogP contribution in [0.3, 0.4) is 0 Å². The molecule has 16 rings (SSSR count). The van der Waals surface area contributed by atoms with Crippen molar-refractivity contribution in [1.82, 2.24) is 4.90 Å². The largest absolute Gasteiger partial charge is 0.492 e. The molecule has 11 heteroatoms. The second-order valence-corrected chi connectivity index (χ2v) is 30.7. The van der Waals surface area contributed by atoms with Gasteiger partial charge in [0.1, 0.15) is 38.3 Å². The van der Waals surface area contributed by atoms with E-state index in [1.165, 1.54) is 115 Å². The zero-order valence-corrected chi connectivity index (χ0v) is 66.8. The first-order valence-electron chi connectivity index (χ1n) is 38.8.